The molecule has 1 aromatic rings. The Morgan fingerprint density at radius 1 is 1.22 bits per heavy atom. The zero-order valence-corrected chi connectivity index (χ0v) is 11.9. The SMILES string of the molecule is CN(CCc1ccc(Cl)cc1)CC1CCNCC1. The summed E-state index contributed by atoms with van der Waals surface area (Å²) in [7, 11) is 2.23. The van der Waals surface area contributed by atoms with Crippen molar-refractivity contribution < 1.29 is 0 Å². The summed E-state index contributed by atoms with van der Waals surface area (Å²) in [6.07, 6.45) is 3.76. The van der Waals surface area contributed by atoms with E-state index in [1.54, 1.807) is 0 Å². The molecule has 2 nitrogen and oxygen atoms in total. The van der Waals surface area contributed by atoms with E-state index in [0.29, 0.717) is 0 Å². The topological polar surface area (TPSA) is 15.3 Å². The molecule has 1 saturated heterocycles. The van der Waals surface area contributed by atoms with Crippen LogP contribution in [0.15, 0.2) is 24.3 Å². The Labute approximate surface area is 115 Å². The molecule has 0 aliphatic carbocycles. The molecular formula is C15H23ClN2. The molecular weight excluding hydrogens is 244 g/mol. The van der Waals surface area contributed by atoms with Gasteiger partial charge in [0.1, 0.15) is 0 Å². The van der Waals surface area contributed by atoms with Crippen LogP contribution >= 0.6 is 11.6 Å². The van der Waals surface area contributed by atoms with Crippen molar-refractivity contribution >= 4 is 11.6 Å². The van der Waals surface area contributed by atoms with E-state index in [0.717, 1.165) is 23.9 Å². The van der Waals surface area contributed by atoms with Crippen LogP contribution in [0.25, 0.3) is 0 Å². The molecule has 0 spiro atoms. The van der Waals surface area contributed by atoms with Gasteiger partial charge in [-0.25, -0.2) is 0 Å². The van der Waals surface area contributed by atoms with E-state index in [2.05, 4.69) is 29.4 Å². The van der Waals surface area contributed by atoms with Crippen LogP contribution in [0.1, 0.15) is 18.4 Å². The first-order chi connectivity index (χ1) is 8.74. The fourth-order valence-electron chi connectivity index (χ4n) is 2.57. The van der Waals surface area contributed by atoms with Crippen LogP contribution < -0.4 is 5.32 Å². The maximum atomic E-state index is 5.89. The third kappa shape index (κ3) is 4.60. The Kier molecular flexibility index (Phi) is 5.48. The number of rotatable bonds is 5. The van der Waals surface area contributed by atoms with E-state index in [-0.39, 0.29) is 0 Å². The summed E-state index contributed by atoms with van der Waals surface area (Å²) in [6, 6.07) is 8.20. The summed E-state index contributed by atoms with van der Waals surface area (Å²) in [5, 5.41) is 4.24. The molecule has 3 heteroatoms. The predicted molar refractivity (Wildman–Crippen MR) is 78.2 cm³/mol. The van der Waals surface area contributed by atoms with Crippen LogP contribution in [0, 0.1) is 5.92 Å². The molecule has 1 N–H and O–H groups in total. The fourth-order valence-corrected chi connectivity index (χ4v) is 2.69. The number of likely N-dealkylation sites (N-methyl/N-ethyl adjacent to an activating group) is 1. The minimum Gasteiger partial charge on any atom is -0.317 e. The van der Waals surface area contributed by atoms with Crippen molar-refractivity contribution in [1.82, 2.24) is 10.2 Å². The second-order valence-corrected chi connectivity index (χ2v) is 5.77. The predicted octanol–water partition coefficient (Wildman–Crippen LogP) is 2.81. The summed E-state index contributed by atoms with van der Waals surface area (Å²) in [5.74, 6) is 0.876. The third-order valence-corrected chi connectivity index (χ3v) is 3.98. The van der Waals surface area contributed by atoms with E-state index >= 15 is 0 Å². The fraction of sp³-hybridized carbons (Fsp3) is 0.600. The van der Waals surface area contributed by atoms with Crippen LogP contribution in [0.3, 0.4) is 0 Å². The first kappa shape index (κ1) is 13.9. The van der Waals surface area contributed by atoms with Crippen LogP contribution in [-0.4, -0.2) is 38.1 Å². The number of halogens is 1. The Morgan fingerprint density at radius 2 is 1.89 bits per heavy atom. The minimum absolute atomic E-state index is 0.821. The highest BCUT2D eigenvalue weighted by Gasteiger charge is 2.14. The van der Waals surface area contributed by atoms with Gasteiger partial charge < -0.3 is 10.2 Å². The smallest absolute Gasteiger partial charge is 0.0406 e. The van der Waals surface area contributed by atoms with Gasteiger partial charge in [0.2, 0.25) is 0 Å². The molecule has 1 aromatic carbocycles. The first-order valence-electron chi connectivity index (χ1n) is 6.88. The van der Waals surface area contributed by atoms with Gasteiger partial charge in [0, 0.05) is 18.1 Å². The molecule has 1 heterocycles. The number of hydrogen-bond donors (Lipinski definition) is 1. The second-order valence-electron chi connectivity index (χ2n) is 5.33. The zero-order valence-electron chi connectivity index (χ0n) is 11.2. The van der Waals surface area contributed by atoms with Gasteiger partial charge in [-0.1, -0.05) is 23.7 Å². The Morgan fingerprint density at radius 3 is 2.56 bits per heavy atom. The molecule has 2 rings (SSSR count). The number of nitrogens with zero attached hydrogens (tertiary/aromatic N) is 1. The molecule has 100 valence electrons. The van der Waals surface area contributed by atoms with E-state index in [1.165, 1.54) is 38.0 Å². The van der Waals surface area contributed by atoms with Crippen molar-refractivity contribution in [3.8, 4) is 0 Å². The first-order valence-corrected chi connectivity index (χ1v) is 7.25. The van der Waals surface area contributed by atoms with Gasteiger partial charge in [-0.05, 0) is 63.0 Å². The summed E-state index contributed by atoms with van der Waals surface area (Å²) in [6.45, 7) is 4.74. The minimum atomic E-state index is 0.821. The van der Waals surface area contributed by atoms with Gasteiger partial charge in [-0.2, -0.15) is 0 Å². The Hall–Kier alpha value is -0.570. The zero-order chi connectivity index (χ0) is 12.8. The molecule has 0 unspecified atom stereocenters. The Bertz CT molecular complexity index is 344. The molecule has 0 bridgehead atoms. The van der Waals surface area contributed by atoms with E-state index < -0.39 is 0 Å². The summed E-state index contributed by atoms with van der Waals surface area (Å²) >= 11 is 5.89. The number of hydrogen-bond acceptors (Lipinski definition) is 2. The molecule has 18 heavy (non-hydrogen) atoms. The average Bonchev–Trinajstić information content (AvgIpc) is 2.39. The highest BCUT2D eigenvalue weighted by Crippen LogP contribution is 2.14. The highest BCUT2D eigenvalue weighted by atomic mass is 35.5. The monoisotopic (exact) mass is 266 g/mol. The third-order valence-electron chi connectivity index (χ3n) is 3.72. The number of nitrogens with one attached hydrogen (secondary N) is 1. The molecule has 0 amide bonds. The summed E-state index contributed by atoms with van der Waals surface area (Å²) < 4.78 is 0. The molecule has 0 radical (unpaired) electrons. The number of piperidine rings is 1. The van der Waals surface area contributed by atoms with Crippen molar-refractivity contribution in [3.05, 3.63) is 34.9 Å². The average molecular weight is 267 g/mol. The van der Waals surface area contributed by atoms with Gasteiger partial charge >= 0.3 is 0 Å². The maximum absolute atomic E-state index is 5.89. The van der Waals surface area contributed by atoms with Gasteiger partial charge in [0.25, 0.3) is 0 Å². The van der Waals surface area contributed by atoms with Gasteiger partial charge in [0.15, 0.2) is 0 Å². The maximum Gasteiger partial charge on any atom is 0.0406 e. The van der Waals surface area contributed by atoms with Gasteiger partial charge in [0.05, 0.1) is 0 Å². The molecule has 0 saturated carbocycles. The molecule has 1 fully saturated rings. The van der Waals surface area contributed by atoms with Crippen molar-refractivity contribution in [3.63, 3.8) is 0 Å². The second kappa shape index (κ2) is 7.13. The van der Waals surface area contributed by atoms with Crippen LogP contribution in [-0.2, 0) is 6.42 Å². The standard InChI is InChI=1S/C15H23ClN2/c1-18(12-14-6-9-17-10-7-14)11-8-13-2-4-15(16)5-3-13/h2-5,14,17H,6-12H2,1H3. The Balaban J connectivity index is 1.70. The molecule has 1 aliphatic heterocycles. The highest BCUT2D eigenvalue weighted by molar-refractivity contribution is 6.30. The lowest BCUT2D eigenvalue weighted by Gasteiger charge is -2.27. The number of benzene rings is 1. The van der Waals surface area contributed by atoms with Crippen molar-refractivity contribution in [2.24, 2.45) is 5.92 Å². The summed E-state index contributed by atoms with van der Waals surface area (Å²) in [4.78, 5) is 2.46. The van der Waals surface area contributed by atoms with Crippen LogP contribution in [0.5, 0.6) is 0 Å². The summed E-state index contributed by atoms with van der Waals surface area (Å²) in [5.41, 5.74) is 1.37. The van der Waals surface area contributed by atoms with Gasteiger partial charge in [-0.3, -0.25) is 0 Å². The largest absolute Gasteiger partial charge is 0.317 e. The lowest BCUT2D eigenvalue weighted by Crippen LogP contribution is -2.35. The van der Waals surface area contributed by atoms with E-state index in [4.69, 9.17) is 11.6 Å². The lowest BCUT2D eigenvalue weighted by atomic mass is 9.97. The van der Waals surface area contributed by atoms with Crippen LogP contribution in [0.4, 0.5) is 0 Å². The quantitative estimate of drug-likeness (QED) is 0.882. The molecule has 0 atom stereocenters. The normalized spacial score (nSPS) is 17.3. The van der Waals surface area contributed by atoms with Crippen molar-refractivity contribution in [2.75, 3.05) is 33.2 Å². The van der Waals surface area contributed by atoms with Crippen molar-refractivity contribution in [1.29, 1.82) is 0 Å². The lowest BCUT2D eigenvalue weighted by molar-refractivity contribution is 0.242. The van der Waals surface area contributed by atoms with Crippen molar-refractivity contribution in [2.45, 2.75) is 19.3 Å². The van der Waals surface area contributed by atoms with Gasteiger partial charge in [-0.15, -0.1) is 0 Å². The molecule has 0 aromatic heterocycles. The molecule has 1 aliphatic rings. The van der Waals surface area contributed by atoms with Crippen LogP contribution in [0.2, 0.25) is 5.02 Å². The van der Waals surface area contributed by atoms with E-state index in [1.807, 2.05) is 12.1 Å². The van der Waals surface area contributed by atoms with E-state index in [9.17, 15) is 0 Å².